The third-order valence-electron chi connectivity index (χ3n) is 1.02. The molecule has 0 saturated carbocycles. The van der Waals surface area contributed by atoms with Crippen molar-refractivity contribution in [1.29, 1.82) is 0 Å². The van der Waals surface area contributed by atoms with Gasteiger partial charge in [0.25, 0.3) is 0 Å². The highest BCUT2D eigenvalue weighted by molar-refractivity contribution is 5.45. The molecule has 0 bridgehead atoms. The Morgan fingerprint density at radius 2 is 2.00 bits per heavy atom. The molecule has 1 aromatic carbocycles. The van der Waals surface area contributed by atoms with Crippen molar-refractivity contribution in [3.05, 3.63) is 30.3 Å². The van der Waals surface area contributed by atoms with Crippen molar-refractivity contribution in [1.82, 2.24) is 4.91 Å². The van der Waals surface area contributed by atoms with Gasteiger partial charge in [-0.1, -0.05) is 18.2 Å². The lowest BCUT2D eigenvalue weighted by atomic mass is 10.3. The molecule has 0 atom stereocenters. The second-order valence-corrected chi connectivity index (χ2v) is 1.75. The first-order valence-electron chi connectivity index (χ1n) is 3.03. The maximum atomic E-state index is 9.67. The summed E-state index contributed by atoms with van der Waals surface area (Å²) >= 11 is 0. The first-order valence-corrected chi connectivity index (χ1v) is 3.03. The molecule has 4 heteroatoms. The van der Waals surface area contributed by atoms with Crippen LogP contribution in [-0.2, 0) is 4.79 Å². The Labute approximate surface area is 63.3 Å². The normalized spacial score (nSPS) is 8.00. The monoisotopic (exact) mass is 148 g/mol. The summed E-state index contributed by atoms with van der Waals surface area (Å²) in [6.45, 7) is 0. The topological polar surface area (TPSA) is 55.9 Å². The summed E-state index contributed by atoms with van der Waals surface area (Å²) < 4.78 is 0. The number of amides is 1. The molecule has 0 heterocycles. The van der Waals surface area contributed by atoms with Crippen LogP contribution in [0.15, 0.2) is 40.6 Å². The van der Waals surface area contributed by atoms with Gasteiger partial charge in [-0.25, -0.2) is 0 Å². The minimum absolute atomic E-state index is 0.340. The molecule has 1 amide bonds. The van der Waals surface area contributed by atoms with Crippen LogP contribution in [-0.4, -0.2) is 6.41 Å². The maximum Gasteiger partial charge on any atom is 0.318 e. The van der Waals surface area contributed by atoms with Crippen LogP contribution in [0.25, 0.3) is 0 Å². The van der Waals surface area contributed by atoms with E-state index in [4.69, 9.17) is 0 Å². The fraction of sp³-hybridized carbons (Fsp3) is 0. The van der Waals surface area contributed by atoms with Crippen LogP contribution in [0.2, 0.25) is 0 Å². The van der Waals surface area contributed by atoms with E-state index in [1.165, 1.54) is 0 Å². The fourth-order valence-corrected chi connectivity index (χ4v) is 0.593. The van der Waals surface area contributed by atoms with Gasteiger partial charge in [0.05, 0.1) is 0 Å². The molecule has 0 aliphatic heterocycles. The van der Waals surface area contributed by atoms with Crippen LogP contribution in [0, 0.1) is 0 Å². The van der Waals surface area contributed by atoms with E-state index in [9.17, 15) is 4.79 Å². The molecule has 54 valence electrons. The molecule has 0 aliphatic rings. The molecule has 0 fully saturated rings. The molecule has 1 aromatic rings. The molecule has 0 saturated heterocycles. The van der Waals surface area contributed by atoms with Crippen LogP contribution >= 0.6 is 0 Å². The summed E-state index contributed by atoms with van der Waals surface area (Å²) in [5, 5.41) is 6.67. The lowest BCUT2D eigenvalue weighted by Crippen LogP contribution is -1.65. The standard InChI is InChI=1S/C7H6N3O/c11-6-8-10-9-7-4-2-1-3-5-7/h1-6H/q+1. The van der Waals surface area contributed by atoms with E-state index in [0.717, 1.165) is 0 Å². The largest absolute Gasteiger partial charge is 0.318 e. The number of hydrogen-bond acceptors (Lipinski definition) is 2. The number of hydrogen-bond donors (Lipinski definition) is 0. The number of carbonyl (C=O) groups is 1. The van der Waals surface area contributed by atoms with Crippen LogP contribution in [0.4, 0.5) is 5.69 Å². The summed E-state index contributed by atoms with van der Waals surface area (Å²) in [5.41, 5.74) is 0.679. The fourth-order valence-electron chi connectivity index (χ4n) is 0.593. The maximum absolute atomic E-state index is 9.67. The van der Waals surface area contributed by atoms with Gasteiger partial charge in [-0.05, 0) is 12.1 Å². The van der Waals surface area contributed by atoms with Gasteiger partial charge in [0.15, 0.2) is 15.9 Å². The van der Waals surface area contributed by atoms with E-state index in [1.807, 2.05) is 18.2 Å². The van der Waals surface area contributed by atoms with E-state index >= 15 is 0 Å². The molecule has 0 aromatic heterocycles. The predicted molar refractivity (Wildman–Crippen MR) is 39.2 cm³/mol. The molecule has 0 spiro atoms. The van der Waals surface area contributed by atoms with Gasteiger partial charge in [-0.15, -0.1) is 0 Å². The first kappa shape index (κ1) is 7.31. The summed E-state index contributed by atoms with van der Waals surface area (Å²) in [5.74, 6) is 0. The average Bonchev–Trinajstić information content (AvgIpc) is 2.07. The number of rotatable bonds is 2. The molecular weight excluding hydrogens is 142 g/mol. The van der Waals surface area contributed by atoms with Gasteiger partial charge in [-0.3, -0.25) is 4.79 Å². The Kier molecular flexibility index (Phi) is 2.71. The second kappa shape index (κ2) is 4.09. The Bertz CT molecular complexity index is 288. The molecule has 1 rings (SSSR count). The molecule has 0 radical (unpaired) electrons. The number of carbonyl (C=O) groups excluding carboxylic acids is 1. The molecule has 11 heavy (non-hydrogen) atoms. The molecule has 0 unspecified atom stereocenters. The van der Waals surface area contributed by atoms with Crippen molar-refractivity contribution in [2.45, 2.75) is 0 Å². The average molecular weight is 148 g/mol. The van der Waals surface area contributed by atoms with E-state index in [-0.39, 0.29) is 0 Å². The summed E-state index contributed by atoms with van der Waals surface area (Å²) in [6.07, 6.45) is 0.340. The molecule has 4 nitrogen and oxygen atoms in total. The van der Waals surface area contributed by atoms with Gasteiger partial charge in [0.1, 0.15) is 0 Å². The highest BCUT2D eigenvalue weighted by atomic mass is 16.1. The zero-order valence-electron chi connectivity index (χ0n) is 5.71. The third-order valence-corrected chi connectivity index (χ3v) is 1.02. The van der Waals surface area contributed by atoms with Crippen LogP contribution < -0.4 is 4.91 Å². The van der Waals surface area contributed by atoms with Crippen molar-refractivity contribution in [3.63, 3.8) is 0 Å². The summed E-state index contributed by atoms with van der Waals surface area (Å²) in [4.78, 5) is 12.9. The molecule has 0 N–H and O–H groups in total. The lowest BCUT2D eigenvalue weighted by molar-refractivity contribution is -0.107. The smallest absolute Gasteiger partial charge is 0.269 e. The summed E-state index contributed by atoms with van der Waals surface area (Å²) in [6, 6.07) is 9.06. The zero-order chi connectivity index (χ0) is 7.94. The second-order valence-electron chi connectivity index (χ2n) is 1.75. The molecule has 0 aliphatic carbocycles. The van der Waals surface area contributed by atoms with Crippen molar-refractivity contribution < 1.29 is 4.79 Å². The minimum Gasteiger partial charge on any atom is -0.269 e. The zero-order valence-corrected chi connectivity index (χ0v) is 5.71. The quantitative estimate of drug-likeness (QED) is 0.355. The predicted octanol–water partition coefficient (Wildman–Crippen LogP) is 1.45. The number of benzene rings is 1. The highest BCUT2D eigenvalue weighted by Crippen LogP contribution is 2.06. The van der Waals surface area contributed by atoms with Crippen molar-refractivity contribution >= 4 is 12.1 Å². The Balaban J connectivity index is 2.80. The Morgan fingerprint density at radius 3 is 2.64 bits per heavy atom. The highest BCUT2D eigenvalue weighted by Gasteiger charge is 1.89. The van der Waals surface area contributed by atoms with Gasteiger partial charge >= 0.3 is 6.41 Å². The van der Waals surface area contributed by atoms with E-state index in [2.05, 4.69) is 15.1 Å². The van der Waals surface area contributed by atoms with Gasteiger partial charge in [-0.2, -0.15) is 0 Å². The van der Waals surface area contributed by atoms with Gasteiger partial charge in [0, 0.05) is 0 Å². The first-order chi connectivity index (χ1) is 5.43. The summed E-state index contributed by atoms with van der Waals surface area (Å²) in [7, 11) is 0. The van der Waals surface area contributed by atoms with Crippen LogP contribution in [0.5, 0.6) is 0 Å². The SMILES string of the molecule is O=CN=[N+]=Nc1ccccc1. The third kappa shape index (κ3) is 2.51. The lowest BCUT2D eigenvalue weighted by Gasteiger charge is -1.77. The van der Waals surface area contributed by atoms with Crippen molar-refractivity contribution in [3.8, 4) is 0 Å². The number of nitrogens with zero attached hydrogens (tertiary/aromatic N) is 3. The van der Waals surface area contributed by atoms with E-state index < -0.39 is 0 Å². The van der Waals surface area contributed by atoms with Gasteiger partial charge < -0.3 is 0 Å². The molecular formula is C7H6N3O+. The van der Waals surface area contributed by atoms with Crippen molar-refractivity contribution in [2.24, 2.45) is 10.2 Å². The Morgan fingerprint density at radius 1 is 1.27 bits per heavy atom. The minimum atomic E-state index is 0.340. The van der Waals surface area contributed by atoms with E-state index in [0.29, 0.717) is 12.1 Å². The van der Waals surface area contributed by atoms with E-state index in [1.54, 1.807) is 12.1 Å². The Hall–Kier alpha value is -1.80. The van der Waals surface area contributed by atoms with Crippen molar-refractivity contribution in [2.75, 3.05) is 0 Å². The van der Waals surface area contributed by atoms with Crippen LogP contribution in [0.1, 0.15) is 0 Å². The van der Waals surface area contributed by atoms with Crippen LogP contribution in [0.3, 0.4) is 0 Å². The van der Waals surface area contributed by atoms with Gasteiger partial charge in [0.2, 0.25) is 4.91 Å².